The zero-order valence-electron chi connectivity index (χ0n) is 14.4. The lowest BCUT2D eigenvalue weighted by Gasteiger charge is -2.21. The third-order valence-corrected chi connectivity index (χ3v) is 5.75. The molecule has 0 fully saturated rings. The predicted octanol–water partition coefficient (Wildman–Crippen LogP) is 5.43. The number of benzene rings is 2. The summed E-state index contributed by atoms with van der Waals surface area (Å²) in [6.07, 6.45) is 0. The molecule has 1 N–H and O–H groups in total. The molecule has 27 heavy (non-hydrogen) atoms. The average molecular weight is 443 g/mol. The Balaban J connectivity index is 1.70. The molecule has 1 aromatic heterocycles. The number of carbonyl (C=O) groups excluding carboxylic acids is 2. The van der Waals surface area contributed by atoms with Gasteiger partial charge in [-0.15, -0.1) is 0 Å². The molecular weight excluding hydrogens is 428 g/mol. The molecule has 0 saturated carbocycles. The van der Waals surface area contributed by atoms with E-state index in [4.69, 9.17) is 4.42 Å². The van der Waals surface area contributed by atoms with E-state index in [0.717, 1.165) is 15.5 Å². The van der Waals surface area contributed by atoms with Crippen molar-refractivity contribution in [2.75, 3.05) is 16.8 Å². The highest BCUT2D eigenvalue weighted by Gasteiger charge is 2.26. The molecule has 0 bridgehead atoms. The van der Waals surface area contributed by atoms with E-state index in [0.29, 0.717) is 22.5 Å². The molecule has 136 valence electrons. The van der Waals surface area contributed by atoms with E-state index < -0.39 is 0 Å². The standard InChI is InChI=1S/C20H15BrN2O3S/c1-2-23-14-8-7-12(22-19(24)15-9-10-18(21)26-15)11-17(14)27-16-6-4-3-5-13(16)20(23)25/h3-11H,2H2,1H3,(H,22,24). The number of nitrogens with one attached hydrogen (secondary N) is 1. The second-order valence-electron chi connectivity index (χ2n) is 5.89. The van der Waals surface area contributed by atoms with Crippen molar-refractivity contribution < 1.29 is 14.0 Å². The van der Waals surface area contributed by atoms with Crippen LogP contribution in [0.1, 0.15) is 27.8 Å². The Morgan fingerprint density at radius 1 is 1.15 bits per heavy atom. The van der Waals surface area contributed by atoms with Gasteiger partial charge in [0.2, 0.25) is 0 Å². The molecule has 0 spiro atoms. The highest BCUT2D eigenvalue weighted by atomic mass is 79.9. The van der Waals surface area contributed by atoms with E-state index in [1.54, 1.807) is 23.1 Å². The smallest absolute Gasteiger partial charge is 0.291 e. The topological polar surface area (TPSA) is 62.6 Å². The lowest BCUT2D eigenvalue weighted by Crippen LogP contribution is -2.30. The minimum absolute atomic E-state index is 0.0171. The summed E-state index contributed by atoms with van der Waals surface area (Å²) in [5.74, 6) is -0.125. The van der Waals surface area contributed by atoms with Crippen LogP contribution < -0.4 is 10.2 Å². The Morgan fingerprint density at radius 2 is 1.96 bits per heavy atom. The first kappa shape index (κ1) is 17.9. The van der Waals surface area contributed by atoms with Gasteiger partial charge in [-0.05, 0) is 65.3 Å². The summed E-state index contributed by atoms with van der Waals surface area (Å²) >= 11 is 4.71. The highest BCUT2D eigenvalue weighted by molar-refractivity contribution is 9.10. The predicted molar refractivity (Wildman–Crippen MR) is 109 cm³/mol. The Hall–Kier alpha value is -2.51. The van der Waals surface area contributed by atoms with Crippen LogP contribution in [0.25, 0.3) is 0 Å². The number of hydrogen-bond donors (Lipinski definition) is 1. The summed E-state index contributed by atoms with van der Waals surface area (Å²) in [6, 6.07) is 16.4. The first-order chi connectivity index (χ1) is 13.1. The maximum atomic E-state index is 12.9. The molecule has 0 unspecified atom stereocenters. The molecule has 2 aromatic carbocycles. The number of halogens is 1. The van der Waals surface area contributed by atoms with Crippen LogP contribution in [0.15, 0.2) is 73.5 Å². The summed E-state index contributed by atoms with van der Waals surface area (Å²) in [6.45, 7) is 2.51. The van der Waals surface area contributed by atoms with Crippen LogP contribution in [0.5, 0.6) is 0 Å². The van der Waals surface area contributed by atoms with Crippen LogP contribution in [0.2, 0.25) is 0 Å². The second kappa shape index (κ2) is 7.25. The summed E-state index contributed by atoms with van der Waals surface area (Å²) in [7, 11) is 0. The third kappa shape index (κ3) is 3.40. The van der Waals surface area contributed by atoms with Gasteiger partial charge in [-0.25, -0.2) is 0 Å². The van der Waals surface area contributed by atoms with Crippen molar-refractivity contribution in [3.05, 3.63) is 70.6 Å². The van der Waals surface area contributed by atoms with Gasteiger partial charge in [0.15, 0.2) is 10.4 Å². The Morgan fingerprint density at radius 3 is 2.70 bits per heavy atom. The molecule has 0 atom stereocenters. The first-order valence-corrected chi connectivity index (χ1v) is 9.97. The molecule has 0 saturated heterocycles. The van der Waals surface area contributed by atoms with Gasteiger partial charge in [0.1, 0.15) is 0 Å². The normalized spacial score (nSPS) is 13.0. The molecule has 2 heterocycles. The van der Waals surface area contributed by atoms with Crippen LogP contribution in [0.3, 0.4) is 0 Å². The van der Waals surface area contributed by atoms with E-state index >= 15 is 0 Å². The molecule has 1 aliphatic rings. The number of anilines is 2. The molecule has 5 nitrogen and oxygen atoms in total. The van der Waals surface area contributed by atoms with Crippen LogP contribution in [0.4, 0.5) is 11.4 Å². The number of hydrogen-bond acceptors (Lipinski definition) is 4. The maximum Gasteiger partial charge on any atom is 0.291 e. The van der Waals surface area contributed by atoms with Crippen molar-refractivity contribution in [1.29, 1.82) is 0 Å². The molecule has 7 heteroatoms. The fourth-order valence-corrected chi connectivity index (χ4v) is 4.37. The van der Waals surface area contributed by atoms with Gasteiger partial charge in [-0.2, -0.15) is 0 Å². The molecule has 1 aliphatic heterocycles. The van der Waals surface area contributed by atoms with E-state index in [1.165, 1.54) is 11.8 Å². The van der Waals surface area contributed by atoms with Crippen molar-refractivity contribution in [2.45, 2.75) is 16.7 Å². The molecule has 0 radical (unpaired) electrons. The lowest BCUT2D eigenvalue weighted by molar-refractivity contribution is 0.0981. The van der Waals surface area contributed by atoms with Gasteiger partial charge in [0, 0.05) is 22.0 Å². The zero-order chi connectivity index (χ0) is 19.0. The van der Waals surface area contributed by atoms with Gasteiger partial charge in [0.25, 0.3) is 11.8 Å². The van der Waals surface area contributed by atoms with Gasteiger partial charge in [0.05, 0.1) is 11.3 Å². The van der Waals surface area contributed by atoms with E-state index in [1.807, 2.05) is 43.3 Å². The van der Waals surface area contributed by atoms with Crippen molar-refractivity contribution in [2.24, 2.45) is 0 Å². The largest absolute Gasteiger partial charge is 0.444 e. The Labute approximate surface area is 168 Å². The van der Waals surface area contributed by atoms with Crippen LogP contribution in [0, 0.1) is 0 Å². The minimum Gasteiger partial charge on any atom is -0.444 e. The van der Waals surface area contributed by atoms with Gasteiger partial charge in [-0.3, -0.25) is 9.59 Å². The zero-order valence-corrected chi connectivity index (χ0v) is 16.8. The highest BCUT2D eigenvalue weighted by Crippen LogP contribution is 2.42. The van der Waals surface area contributed by atoms with Crippen LogP contribution in [-0.2, 0) is 0 Å². The van der Waals surface area contributed by atoms with Gasteiger partial charge in [-0.1, -0.05) is 23.9 Å². The number of fused-ring (bicyclic) bond motifs is 2. The van der Waals surface area contributed by atoms with E-state index in [-0.39, 0.29) is 17.6 Å². The van der Waals surface area contributed by atoms with E-state index in [2.05, 4.69) is 21.2 Å². The summed E-state index contributed by atoms with van der Waals surface area (Å²) in [4.78, 5) is 28.8. The maximum absolute atomic E-state index is 12.9. The van der Waals surface area contributed by atoms with Crippen molar-refractivity contribution in [3.8, 4) is 0 Å². The number of amides is 2. The Bertz CT molecular complexity index is 1050. The summed E-state index contributed by atoms with van der Waals surface area (Å²) in [5, 5.41) is 2.84. The number of carbonyl (C=O) groups is 2. The molecular formula is C20H15BrN2O3S. The van der Waals surface area contributed by atoms with Gasteiger partial charge >= 0.3 is 0 Å². The Kier molecular flexibility index (Phi) is 4.80. The quantitative estimate of drug-likeness (QED) is 0.587. The second-order valence-corrected chi connectivity index (χ2v) is 7.75. The molecule has 0 aliphatic carbocycles. The number of furan rings is 1. The van der Waals surface area contributed by atoms with Crippen molar-refractivity contribution >= 4 is 50.9 Å². The lowest BCUT2D eigenvalue weighted by atomic mass is 10.1. The number of nitrogens with zero attached hydrogens (tertiary/aromatic N) is 1. The molecule has 4 rings (SSSR count). The molecule has 2 amide bonds. The fraction of sp³-hybridized carbons (Fsp3) is 0.100. The first-order valence-electron chi connectivity index (χ1n) is 8.36. The summed E-state index contributed by atoms with van der Waals surface area (Å²) < 4.78 is 5.79. The third-order valence-electron chi connectivity index (χ3n) is 4.20. The summed E-state index contributed by atoms with van der Waals surface area (Å²) in [5.41, 5.74) is 2.16. The van der Waals surface area contributed by atoms with Crippen molar-refractivity contribution in [3.63, 3.8) is 0 Å². The van der Waals surface area contributed by atoms with Crippen LogP contribution >= 0.6 is 27.7 Å². The van der Waals surface area contributed by atoms with Crippen molar-refractivity contribution in [1.82, 2.24) is 0 Å². The SMILES string of the molecule is CCN1C(=O)c2ccccc2Sc2cc(NC(=O)c3ccc(Br)o3)ccc21. The monoisotopic (exact) mass is 442 g/mol. The fourth-order valence-electron chi connectivity index (χ4n) is 2.95. The van der Waals surface area contributed by atoms with E-state index in [9.17, 15) is 9.59 Å². The number of rotatable bonds is 3. The minimum atomic E-state index is -0.330. The van der Waals surface area contributed by atoms with Crippen LogP contribution in [-0.4, -0.2) is 18.4 Å². The molecule has 3 aromatic rings. The van der Waals surface area contributed by atoms with Gasteiger partial charge < -0.3 is 14.6 Å². The average Bonchev–Trinajstić information content (AvgIpc) is 3.06.